The number of hydrogen-bond donors (Lipinski definition) is 2. The quantitative estimate of drug-likeness (QED) is 0.628. The topological polar surface area (TPSA) is 97.6 Å². The lowest BCUT2D eigenvalue weighted by Crippen LogP contribution is -2.61. The molecule has 1 fully saturated rings. The van der Waals surface area contributed by atoms with Crippen LogP contribution in [0.25, 0.3) is 10.9 Å². The van der Waals surface area contributed by atoms with Crippen LogP contribution in [0.4, 0.5) is 11.5 Å². The smallest absolute Gasteiger partial charge is 0.180 e. The van der Waals surface area contributed by atoms with E-state index in [9.17, 15) is 8.42 Å². The molecule has 32 heavy (non-hydrogen) atoms. The lowest BCUT2D eigenvalue weighted by molar-refractivity contribution is -0.0461. The van der Waals surface area contributed by atoms with Gasteiger partial charge in [0.25, 0.3) is 0 Å². The maximum atomic E-state index is 12.9. The Bertz CT molecular complexity index is 1290. The highest BCUT2D eigenvalue weighted by molar-refractivity contribution is 7.91. The van der Waals surface area contributed by atoms with Gasteiger partial charge in [0.15, 0.2) is 9.84 Å². The number of nitrogens with zero attached hydrogens (tertiary/aromatic N) is 2. The Morgan fingerprint density at radius 2 is 2.00 bits per heavy atom. The molecule has 5 rings (SSSR count). The first kappa shape index (κ1) is 21.2. The average molecular weight is 453 g/mol. The number of aryl methyl sites for hydroxylation is 1. The van der Waals surface area contributed by atoms with E-state index >= 15 is 0 Å². The van der Waals surface area contributed by atoms with Crippen LogP contribution in [0, 0.1) is 6.92 Å². The summed E-state index contributed by atoms with van der Waals surface area (Å²) in [5, 5.41) is 4.53. The molecule has 0 amide bonds. The van der Waals surface area contributed by atoms with Crippen molar-refractivity contribution in [3.05, 3.63) is 59.7 Å². The van der Waals surface area contributed by atoms with E-state index < -0.39 is 9.84 Å². The van der Waals surface area contributed by atoms with Crippen LogP contribution in [-0.2, 0) is 14.6 Å². The molecule has 2 aromatic carbocycles. The average Bonchev–Trinajstić information content (AvgIpc) is 2.85. The number of nitrogens with two attached hydrogens (primary N) is 1. The zero-order valence-corrected chi connectivity index (χ0v) is 19.2. The molecule has 0 radical (unpaired) electrons. The Kier molecular flexibility index (Phi) is 5.11. The Balaban J connectivity index is 1.58. The number of nitrogens with one attached hydrogen (secondary N) is 1. The second kappa shape index (κ2) is 7.72. The lowest BCUT2D eigenvalue weighted by atomic mass is 9.99. The predicted molar refractivity (Wildman–Crippen MR) is 127 cm³/mol. The van der Waals surface area contributed by atoms with Gasteiger partial charge in [-0.05, 0) is 37.6 Å². The third-order valence-electron chi connectivity index (χ3n) is 6.43. The number of pyridine rings is 1. The van der Waals surface area contributed by atoms with Crippen molar-refractivity contribution < 1.29 is 13.2 Å². The second-order valence-corrected chi connectivity index (χ2v) is 11.1. The summed E-state index contributed by atoms with van der Waals surface area (Å²) in [5.74, 6) is 0.799. The first-order valence-corrected chi connectivity index (χ1v) is 12.5. The van der Waals surface area contributed by atoms with E-state index in [-0.39, 0.29) is 17.3 Å². The molecule has 168 valence electrons. The molecular formula is C24H28N4O3S. The molecule has 2 aliphatic rings. The Hall–Kier alpha value is -2.68. The zero-order valence-electron chi connectivity index (χ0n) is 18.3. The van der Waals surface area contributed by atoms with Gasteiger partial charge in [0, 0.05) is 30.2 Å². The molecule has 0 aliphatic carbocycles. The maximum absolute atomic E-state index is 12.9. The van der Waals surface area contributed by atoms with Crippen molar-refractivity contribution in [1.82, 2.24) is 4.98 Å². The van der Waals surface area contributed by atoms with Gasteiger partial charge in [0.2, 0.25) is 0 Å². The third-order valence-corrected chi connectivity index (χ3v) is 8.19. The fraction of sp³-hybridized carbons (Fsp3) is 0.375. The molecule has 3 heterocycles. The highest BCUT2D eigenvalue weighted by Gasteiger charge is 2.34. The molecule has 1 atom stereocenters. The predicted octanol–water partition coefficient (Wildman–Crippen LogP) is 3.04. The summed E-state index contributed by atoms with van der Waals surface area (Å²) < 4.78 is 31.1. The summed E-state index contributed by atoms with van der Waals surface area (Å²) in [7, 11) is -3.35. The molecule has 3 N–H and O–H groups in total. The normalized spacial score (nSPS) is 21.5. The van der Waals surface area contributed by atoms with E-state index in [1.807, 2.05) is 37.3 Å². The van der Waals surface area contributed by atoms with Crippen LogP contribution >= 0.6 is 0 Å². The number of ether oxygens (including phenoxy) is 1. The summed E-state index contributed by atoms with van der Waals surface area (Å²) in [5.41, 5.74) is 9.73. The molecule has 0 bridgehead atoms. The fourth-order valence-electron chi connectivity index (χ4n) is 4.47. The third kappa shape index (κ3) is 3.72. The number of aromatic nitrogens is 1. The van der Waals surface area contributed by atoms with Crippen molar-refractivity contribution >= 4 is 32.2 Å². The van der Waals surface area contributed by atoms with Crippen LogP contribution in [0.1, 0.15) is 24.1 Å². The van der Waals surface area contributed by atoms with Crippen molar-refractivity contribution in [1.29, 1.82) is 0 Å². The van der Waals surface area contributed by atoms with Crippen LogP contribution in [0.5, 0.6) is 0 Å². The van der Waals surface area contributed by atoms with Crippen molar-refractivity contribution in [3.8, 4) is 0 Å². The SMILES string of the molecule is Cc1ccc2nc(N3CCS(=O)(=O)c4ccccc4C3C)cc(NCC3(N)COC3)c2c1. The highest BCUT2D eigenvalue weighted by Crippen LogP contribution is 2.36. The summed E-state index contributed by atoms with van der Waals surface area (Å²) in [6.07, 6.45) is 0. The first-order valence-electron chi connectivity index (χ1n) is 10.9. The minimum absolute atomic E-state index is 0.0496. The summed E-state index contributed by atoms with van der Waals surface area (Å²) in [4.78, 5) is 7.43. The molecule has 3 aromatic rings. The standard InChI is InChI=1S/C24H28N4O3S/c1-16-7-8-20-19(11-16)21(26-13-24(25)14-31-15-24)12-23(27-20)28-9-10-32(29,30)22-6-4-3-5-18(22)17(28)2/h3-8,11-12,17H,9-10,13-15,25H2,1-2H3,(H,26,27). The minimum atomic E-state index is -3.35. The van der Waals surface area contributed by atoms with Gasteiger partial charge in [0.05, 0.1) is 41.0 Å². The zero-order chi connectivity index (χ0) is 22.5. The molecule has 1 aromatic heterocycles. The van der Waals surface area contributed by atoms with Gasteiger partial charge >= 0.3 is 0 Å². The molecule has 7 nitrogen and oxygen atoms in total. The number of sulfone groups is 1. The molecule has 2 aliphatic heterocycles. The van der Waals surface area contributed by atoms with E-state index in [4.69, 9.17) is 15.5 Å². The Morgan fingerprint density at radius 3 is 2.75 bits per heavy atom. The van der Waals surface area contributed by atoms with Crippen molar-refractivity contribution in [2.75, 3.05) is 42.3 Å². The van der Waals surface area contributed by atoms with E-state index in [0.717, 1.165) is 33.5 Å². The maximum Gasteiger partial charge on any atom is 0.180 e. The molecule has 0 saturated carbocycles. The lowest BCUT2D eigenvalue weighted by Gasteiger charge is -2.38. The summed E-state index contributed by atoms with van der Waals surface area (Å²) in [6.45, 7) is 6.12. The van der Waals surface area contributed by atoms with Gasteiger partial charge in [0.1, 0.15) is 5.82 Å². The van der Waals surface area contributed by atoms with Crippen LogP contribution in [0.3, 0.4) is 0 Å². The molecule has 1 unspecified atom stereocenters. The Labute approximate surface area is 188 Å². The van der Waals surface area contributed by atoms with Crippen LogP contribution in [0.2, 0.25) is 0 Å². The molecule has 0 spiro atoms. The van der Waals surface area contributed by atoms with E-state index in [2.05, 4.69) is 23.2 Å². The summed E-state index contributed by atoms with van der Waals surface area (Å²) in [6, 6.07) is 15.3. The van der Waals surface area contributed by atoms with E-state index in [1.165, 1.54) is 0 Å². The van der Waals surface area contributed by atoms with Gasteiger partial charge in [-0.1, -0.05) is 29.8 Å². The van der Waals surface area contributed by atoms with Crippen molar-refractivity contribution in [2.45, 2.75) is 30.3 Å². The van der Waals surface area contributed by atoms with E-state index in [0.29, 0.717) is 31.2 Å². The minimum Gasteiger partial charge on any atom is -0.382 e. The number of benzene rings is 2. The van der Waals surface area contributed by atoms with Crippen molar-refractivity contribution in [2.24, 2.45) is 5.73 Å². The van der Waals surface area contributed by atoms with Crippen LogP contribution in [-0.4, -0.2) is 51.0 Å². The number of hydrogen-bond acceptors (Lipinski definition) is 7. The Morgan fingerprint density at radius 1 is 1.22 bits per heavy atom. The van der Waals surface area contributed by atoms with Crippen LogP contribution in [0.15, 0.2) is 53.4 Å². The second-order valence-electron chi connectivity index (χ2n) is 8.98. The largest absolute Gasteiger partial charge is 0.382 e. The number of rotatable bonds is 4. The van der Waals surface area contributed by atoms with Crippen molar-refractivity contribution in [3.63, 3.8) is 0 Å². The van der Waals surface area contributed by atoms with Gasteiger partial charge in [-0.3, -0.25) is 0 Å². The van der Waals surface area contributed by atoms with E-state index in [1.54, 1.807) is 12.1 Å². The summed E-state index contributed by atoms with van der Waals surface area (Å²) >= 11 is 0. The number of anilines is 2. The van der Waals surface area contributed by atoms with Gasteiger partial charge < -0.3 is 20.7 Å². The fourth-order valence-corrected chi connectivity index (χ4v) is 6.01. The monoisotopic (exact) mass is 452 g/mol. The van der Waals surface area contributed by atoms with Gasteiger partial charge in [-0.2, -0.15) is 0 Å². The molecule has 1 saturated heterocycles. The highest BCUT2D eigenvalue weighted by atomic mass is 32.2. The number of fused-ring (bicyclic) bond motifs is 2. The first-order chi connectivity index (χ1) is 15.3. The van der Waals surface area contributed by atoms with Crippen LogP contribution < -0.4 is 16.0 Å². The molecule has 8 heteroatoms. The molecular weight excluding hydrogens is 424 g/mol. The van der Waals surface area contributed by atoms with Gasteiger partial charge in [-0.15, -0.1) is 0 Å². The van der Waals surface area contributed by atoms with Gasteiger partial charge in [-0.25, -0.2) is 13.4 Å².